The molecule has 0 fully saturated rings. The Hall–Kier alpha value is -3.48. The molecule has 0 radical (unpaired) electrons. The first-order valence-electron chi connectivity index (χ1n) is 8.67. The van der Waals surface area contributed by atoms with Gasteiger partial charge in [0, 0.05) is 24.1 Å². The number of hydrogen-bond donors (Lipinski definition) is 1. The number of carboxylic acids is 1. The molecule has 2 aromatic carbocycles. The number of benzene rings is 2. The molecule has 0 aliphatic rings. The molecule has 1 aromatic heterocycles. The molecule has 144 valence electrons. The van der Waals surface area contributed by atoms with Crippen molar-refractivity contribution in [2.75, 3.05) is 7.11 Å². The highest BCUT2D eigenvalue weighted by atomic mass is 19.1. The summed E-state index contributed by atoms with van der Waals surface area (Å²) in [5, 5.41) is 8.98. The molecule has 6 nitrogen and oxygen atoms in total. The maximum Gasteiger partial charge on any atom is 0.328 e. The van der Waals surface area contributed by atoms with Crippen molar-refractivity contribution in [1.29, 1.82) is 0 Å². The van der Waals surface area contributed by atoms with Crippen LogP contribution >= 0.6 is 0 Å². The number of rotatable bonds is 5. The first-order chi connectivity index (χ1) is 13.3. The zero-order chi connectivity index (χ0) is 20.4. The van der Waals surface area contributed by atoms with Crippen molar-refractivity contribution in [3.8, 4) is 11.4 Å². The Morgan fingerprint density at radius 1 is 1.32 bits per heavy atom. The topological polar surface area (TPSA) is 81.4 Å². The fourth-order valence-electron chi connectivity index (χ4n) is 3.05. The van der Waals surface area contributed by atoms with Gasteiger partial charge in [0.05, 0.1) is 23.7 Å². The van der Waals surface area contributed by atoms with Crippen LogP contribution in [0.3, 0.4) is 0 Å². The quantitative estimate of drug-likeness (QED) is 0.683. The van der Waals surface area contributed by atoms with Gasteiger partial charge >= 0.3 is 5.97 Å². The highest BCUT2D eigenvalue weighted by Crippen LogP contribution is 2.23. The number of carboxylic acid groups (broad SMARTS) is 1. The first-order valence-corrected chi connectivity index (χ1v) is 8.67. The van der Waals surface area contributed by atoms with Crippen molar-refractivity contribution in [1.82, 2.24) is 9.55 Å². The molecule has 1 heterocycles. The number of aromatic nitrogens is 2. The van der Waals surface area contributed by atoms with Crippen molar-refractivity contribution in [3.05, 3.63) is 69.5 Å². The Morgan fingerprint density at radius 2 is 2.07 bits per heavy atom. The Morgan fingerprint density at radius 3 is 2.68 bits per heavy atom. The second kappa shape index (κ2) is 7.64. The van der Waals surface area contributed by atoms with Gasteiger partial charge in [0.25, 0.3) is 5.56 Å². The number of aryl methyl sites for hydroxylation is 2. The minimum Gasteiger partial charge on any atom is -0.497 e. The summed E-state index contributed by atoms with van der Waals surface area (Å²) in [5.41, 5.74) is 1.37. The second-order valence-electron chi connectivity index (χ2n) is 6.24. The van der Waals surface area contributed by atoms with E-state index in [0.717, 1.165) is 23.8 Å². The molecule has 0 saturated heterocycles. The van der Waals surface area contributed by atoms with Crippen molar-refractivity contribution >= 4 is 22.9 Å². The Kier molecular flexibility index (Phi) is 5.26. The molecule has 0 atom stereocenters. The van der Waals surface area contributed by atoms with E-state index in [0.29, 0.717) is 23.7 Å². The van der Waals surface area contributed by atoms with Crippen LogP contribution in [0.25, 0.3) is 22.7 Å². The van der Waals surface area contributed by atoms with Crippen LogP contribution in [0, 0.1) is 12.7 Å². The third-order valence-electron chi connectivity index (χ3n) is 4.42. The number of fused-ring (bicyclic) bond motifs is 1. The molecule has 0 amide bonds. The summed E-state index contributed by atoms with van der Waals surface area (Å²) in [6.45, 7) is 3.73. The zero-order valence-electron chi connectivity index (χ0n) is 15.7. The van der Waals surface area contributed by atoms with Gasteiger partial charge < -0.3 is 9.84 Å². The minimum absolute atomic E-state index is 0.0102. The van der Waals surface area contributed by atoms with Crippen molar-refractivity contribution < 1.29 is 19.0 Å². The third-order valence-corrected chi connectivity index (χ3v) is 4.42. The molecule has 0 aliphatic carbocycles. The van der Waals surface area contributed by atoms with Gasteiger partial charge in [-0.2, -0.15) is 0 Å². The van der Waals surface area contributed by atoms with Gasteiger partial charge in [-0.05, 0) is 42.8 Å². The fourth-order valence-corrected chi connectivity index (χ4v) is 3.05. The van der Waals surface area contributed by atoms with Crippen molar-refractivity contribution in [2.24, 2.45) is 0 Å². The van der Waals surface area contributed by atoms with Gasteiger partial charge in [0.2, 0.25) is 0 Å². The van der Waals surface area contributed by atoms with Crippen LogP contribution in [0.5, 0.6) is 5.75 Å². The summed E-state index contributed by atoms with van der Waals surface area (Å²) in [5.74, 6) is -0.675. The van der Waals surface area contributed by atoms with E-state index < -0.39 is 11.8 Å². The first kappa shape index (κ1) is 19.3. The maximum absolute atomic E-state index is 14.3. The molecule has 0 saturated carbocycles. The number of halogens is 1. The number of aliphatic carboxylic acids is 1. The lowest BCUT2D eigenvalue weighted by atomic mass is 10.1. The van der Waals surface area contributed by atoms with Gasteiger partial charge in [-0.3, -0.25) is 9.36 Å². The van der Waals surface area contributed by atoms with Gasteiger partial charge in [0.1, 0.15) is 17.4 Å². The van der Waals surface area contributed by atoms with E-state index in [4.69, 9.17) is 9.84 Å². The minimum atomic E-state index is -1.20. The molecule has 0 aliphatic heterocycles. The average Bonchev–Trinajstić information content (AvgIpc) is 2.66. The predicted molar refractivity (Wildman–Crippen MR) is 105 cm³/mol. The molecule has 0 spiro atoms. The fraction of sp³-hybridized carbons (Fsp3) is 0.190. The molecule has 28 heavy (non-hydrogen) atoms. The number of nitrogens with zero attached hydrogens (tertiary/aromatic N) is 2. The van der Waals surface area contributed by atoms with Crippen LogP contribution in [0.4, 0.5) is 4.39 Å². The van der Waals surface area contributed by atoms with Gasteiger partial charge in [-0.15, -0.1) is 0 Å². The lowest BCUT2D eigenvalue weighted by Gasteiger charge is -2.16. The summed E-state index contributed by atoms with van der Waals surface area (Å²) < 4.78 is 21.0. The Balaban J connectivity index is 2.31. The Labute approximate surface area is 160 Å². The van der Waals surface area contributed by atoms with E-state index in [1.807, 2.05) is 19.9 Å². The summed E-state index contributed by atoms with van der Waals surface area (Å²) in [4.78, 5) is 28.4. The number of methoxy groups -OCH3 is 1. The molecular weight excluding hydrogens is 363 g/mol. The Bertz CT molecular complexity index is 1170. The van der Waals surface area contributed by atoms with Crippen LogP contribution in [0.15, 0.2) is 41.2 Å². The second-order valence-corrected chi connectivity index (χ2v) is 6.24. The predicted octanol–water partition coefficient (Wildman–Crippen LogP) is 3.50. The maximum atomic E-state index is 14.3. The van der Waals surface area contributed by atoms with E-state index in [-0.39, 0.29) is 22.0 Å². The largest absolute Gasteiger partial charge is 0.497 e. The van der Waals surface area contributed by atoms with Gasteiger partial charge in [0.15, 0.2) is 0 Å². The van der Waals surface area contributed by atoms with E-state index in [2.05, 4.69) is 4.98 Å². The standard InChI is InChI=1S/C21H19FN2O4/c1-4-19-23-17-11-16(22)13(5-8-20(25)26)10-15(17)21(27)24(19)18-7-6-14(28-3)9-12(18)2/h5-11H,4H2,1-3H3,(H,25,26). The summed E-state index contributed by atoms with van der Waals surface area (Å²) in [6.07, 6.45) is 2.41. The van der Waals surface area contributed by atoms with E-state index in [1.54, 1.807) is 19.2 Å². The number of hydrogen-bond acceptors (Lipinski definition) is 4. The SMILES string of the molecule is CCc1nc2cc(F)c(C=CC(=O)O)cc2c(=O)n1-c1ccc(OC)cc1C. The lowest BCUT2D eigenvalue weighted by molar-refractivity contribution is -0.131. The zero-order valence-corrected chi connectivity index (χ0v) is 15.7. The lowest BCUT2D eigenvalue weighted by Crippen LogP contribution is -2.24. The number of carbonyl (C=O) groups is 1. The average molecular weight is 382 g/mol. The summed E-state index contributed by atoms with van der Waals surface area (Å²) >= 11 is 0. The van der Waals surface area contributed by atoms with Crippen LogP contribution in [-0.2, 0) is 11.2 Å². The van der Waals surface area contributed by atoms with Gasteiger partial charge in [-0.1, -0.05) is 6.92 Å². The van der Waals surface area contributed by atoms with Crippen LogP contribution in [-0.4, -0.2) is 27.7 Å². The van der Waals surface area contributed by atoms with E-state index >= 15 is 0 Å². The molecule has 0 unspecified atom stereocenters. The number of ether oxygens (including phenoxy) is 1. The molecule has 3 aromatic rings. The van der Waals surface area contributed by atoms with Gasteiger partial charge in [-0.25, -0.2) is 14.2 Å². The molecule has 7 heteroatoms. The molecule has 0 bridgehead atoms. The summed E-state index contributed by atoms with van der Waals surface area (Å²) in [6, 6.07) is 7.83. The van der Waals surface area contributed by atoms with E-state index in [9.17, 15) is 14.0 Å². The normalized spacial score (nSPS) is 11.3. The molecule has 1 N–H and O–H groups in total. The van der Waals surface area contributed by atoms with Crippen molar-refractivity contribution in [2.45, 2.75) is 20.3 Å². The van der Waals surface area contributed by atoms with Crippen molar-refractivity contribution in [3.63, 3.8) is 0 Å². The molecule has 3 rings (SSSR count). The highest BCUT2D eigenvalue weighted by molar-refractivity contribution is 5.87. The third kappa shape index (κ3) is 3.51. The highest BCUT2D eigenvalue weighted by Gasteiger charge is 2.15. The smallest absolute Gasteiger partial charge is 0.328 e. The summed E-state index contributed by atoms with van der Waals surface area (Å²) in [7, 11) is 1.57. The van der Waals surface area contributed by atoms with Crippen LogP contribution in [0.2, 0.25) is 0 Å². The molecular formula is C21H19FN2O4. The van der Waals surface area contributed by atoms with Crippen LogP contribution < -0.4 is 10.3 Å². The monoisotopic (exact) mass is 382 g/mol. The van der Waals surface area contributed by atoms with Crippen LogP contribution in [0.1, 0.15) is 23.9 Å². The van der Waals surface area contributed by atoms with E-state index in [1.165, 1.54) is 10.6 Å².